The minimum Gasteiger partial charge on any atom is -0.0625 e. The lowest BCUT2D eigenvalue weighted by molar-refractivity contribution is 0.150. The second-order valence-corrected chi connectivity index (χ2v) is 11.0. The molecule has 0 heteroatoms. The molecule has 0 atom stereocenters. The molecule has 3 saturated carbocycles. The van der Waals surface area contributed by atoms with Crippen molar-refractivity contribution in [1.82, 2.24) is 0 Å². The van der Waals surface area contributed by atoms with Crippen LogP contribution in [-0.4, -0.2) is 0 Å². The van der Waals surface area contributed by atoms with E-state index in [1.54, 1.807) is 44.1 Å². The molecule has 0 saturated heterocycles. The van der Waals surface area contributed by atoms with Crippen molar-refractivity contribution >= 4 is 0 Å². The molecule has 156 valence electrons. The van der Waals surface area contributed by atoms with Crippen molar-refractivity contribution in [1.29, 1.82) is 0 Å². The van der Waals surface area contributed by atoms with E-state index in [9.17, 15) is 0 Å². The normalized spacial score (nSPS) is 36.9. The first-order chi connectivity index (χ1) is 13.7. The number of benzene rings is 1. The Morgan fingerprint density at radius 3 is 1.61 bits per heavy atom. The molecule has 0 unspecified atom stereocenters. The molecule has 0 aliphatic heterocycles. The summed E-state index contributed by atoms with van der Waals surface area (Å²) in [4.78, 5) is 0. The first-order valence-electron chi connectivity index (χ1n) is 12.7. The van der Waals surface area contributed by atoms with Crippen LogP contribution in [0.1, 0.15) is 114 Å². The van der Waals surface area contributed by atoms with Crippen LogP contribution in [0.3, 0.4) is 0 Å². The van der Waals surface area contributed by atoms with Gasteiger partial charge in [0.25, 0.3) is 0 Å². The van der Waals surface area contributed by atoms with Gasteiger partial charge in [0.15, 0.2) is 0 Å². The summed E-state index contributed by atoms with van der Waals surface area (Å²) in [6.45, 7) is 4.65. The van der Waals surface area contributed by atoms with Crippen molar-refractivity contribution in [2.24, 2.45) is 29.6 Å². The minimum atomic E-state index is 0.839. The molecule has 0 amide bonds. The van der Waals surface area contributed by atoms with Crippen molar-refractivity contribution in [3.8, 4) is 0 Å². The van der Waals surface area contributed by atoms with Gasteiger partial charge < -0.3 is 0 Å². The van der Waals surface area contributed by atoms with Crippen molar-refractivity contribution in [3.63, 3.8) is 0 Å². The van der Waals surface area contributed by atoms with Crippen LogP contribution in [0.5, 0.6) is 0 Å². The van der Waals surface area contributed by atoms with Crippen LogP contribution >= 0.6 is 0 Å². The van der Waals surface area contributed by atoms with Crippen LogP contribution in [0, 0.1) is 36.5 Å². The van der Waals surface area contributed by atoms with Gasteiger partial charge in [-0.1, -0.05) is 88.1 Å². The highest BCUT2D eigenvalue weighted by Crippen LogP contribution is 2.45. The maximum atomic E-state index is 2.45. The first kappa shape index (κ1) is 20.5. The molecule has 1 aromatic rings. The quantitative estimate of drug-likeness (QED) is 0.479. The number of aryl methyl sites for hydroxylation is 1. The van der Waals surface area contributed by atoms with Gasteiger partial charge >= 0.3 is 0 Å². The summed E-state index contributed by atoms with van der Waals surface area (Å²) in [5, 5.41) is 0. The lowest BCUT2D eigenvalue weighted by Gasteiger charge is -2.38. The molecule has 0 aromatic heterocycles. The Morgan fingerprint density at radius 2 is 1.07 bits per heavy atom. The zero-order chi connectivity index (χ0) is 19.3. The maximum Gasteiger partial charge on any atom is -0.0162 e. The fourth-order valence-corrected chi connectivity index (χ4v) is 6.80. The van der Waals surface area contributed by atoms with Gasteiger partial charge in [-0.2, -0.15) is 0 Å². The van der Waals surface area contributed by atoms with Crippen LogP contribution in [0.2, 0.25) is 0 Å². The molecule has 0 spiro atoms. The molecule has 4 rings (SSSR count). The molecule has 0 bridgehead atoms. The van der Waals surface area contributed by atoms with Gasteiger partial charge in [-0.25, -0.2) is 0 Å². The van der Waals surface area contributed by atoms with Gasteiger partial charge in [0.1, 0.15) is 0 Å². The van der Waals surface area contributed by atoms with Gasteiger partial charge in [0, 0.05) is 0 Å². The van der Waals surface area contributed by atoms with Gasteiger partial charge in [-0.3, -0.25) is 0 Å². The summed E-state index contributed by atoms with van der Waals surface area (Å²) < 4.78 is 0. The number of rotatable bonds is 5. The van der Waals surface area contributed by atoms with Crippen LogP contribution in [0.15, 0.2) is 24.3 Å². The average Bonchev–Trinajstić information content (AvgIpc) is 2.74. The predicted octanol–water partition coefficient (Wildman–Crippen LogP) is 8.68. The van der Waals surface area contributed by atoms with Gasteiger partial charge in [0.05, 0.1) is 0 Å². The summed E-state index contributed by atoms with van der Waals surface area (Å²) in [7, 11) is 0. The molecular formula is C28H44. The highest BCUT2D eigenvalue weighted by molar-refractivity contribution is 5.24. The standard InChI is InChI=1S/C28H44/c1-21-3-7-23(8-4-21)9-10-24-11-15-26(16-12-24)28-19-17-27(18-20-28)25-13-5-22(2)6-14-25/h5-6,13-14,21,23-24,26-28H,3-4,7-12,15-20H2,1-2H3. The van der Waals surface area contributed by atoms with E-state index in [0.29, 0.717) is 0 Å². The van der Waals surface area contributed by atoms with Crippen molar-refractivity contribution in [3.05, 3.63) is 35.4 Å². The lowest BCUT2D eigenvalue weighted by Crippen LogP contribution is -2.25. The second kappa shape index (κ2) is 9.82. The first-order valence-corrected chi connectivity index (χ1v) is 12.7. The van der Waals surface area contributed by atoms with E-state index in [2.05, 4.69) is 38.1 Å². The Balaban J connectivity index is 1.15. The Morgan fingerprint density at radius 1 is 0.607 bits per heavy atom. The van der Waals surface area contributed by atoms with E-state index in [1.807, 2.05) is 0 Å². The van der Waals surface area contributed by atoms with Crippen LogP contribution in [0.4, 0.5) is 0 Å². The molecule has 28 heavy (non-hydrogen) atoms. The van der Waals surface area contributed by atoms with Crippen LogP contribution in [-0.2, 0) is 0 Å². The molecule has 0 N–H and O–H groups in total. The summed E-state index contributed by atoms with van der Waals surface area (Å²) in [6.07, 6.45) is 21.2. The largest absolute Gasteiger partial charge is 0.0625 e. The molecule has 0 heterocycles. The number of hydrogen-bond donors (Lipinski definition) is 0. The summed E-state index contributed by atoms with van der Waals surface area (Å²) >= 11 is 0. The Hall–Kier alpha value is -0.780. The van der Waals surface area contributed by atoms with E-state index in [1.165, 1.54) is 56.9 Å². The fourth-order valence-electron chi connectivity index (χ4n) is 6.80. The third-order valence-corrected chi connectivity index (χ3v) is 9.00. The van der Waals surface area contributed by atoms with Crippen molar-refractivity contribution < 1.29 is 0 Å². The zero-order valence-electron chi connectivity index (χ0n) is 18.7. The van der Waals surface area contributed by atoms with Gasteiger partial charge in [0.2, 0.25) is 0 Å². The third-order valence-electron chi connectivity index (χ3n) is 9.00. The highest BCUT2D eigenvalue weighted by Gasteiger charge is 2.31. The summed E-state index contributed by atoms with van der Waals surface area (Å²) in [5.74, 6) is 6.10. The highest BCUT2D eigenvalue weighted by atomic mass is 14.4. The monoisotopic (exact) mass is 380 g/mol. The molecule has 3 aliphatic rings. The summed E-state index contributed by atoms with van der Waals surface area (Å²) in [6, 6.07) is 9.38. The van der Waals surface area contributed by atoms with E-state index in [0.717, 1.165) is 35.5 Å². The van der Waals surface area contributed by atoms with Gasteiger partial charge in [-0.15, -0.1) is 0 Å². The molecule has 1 aromatic carbocycles. The maximum absolute atomic E-state index is 2.45. The molecule has 3 fully saturated rings. The van der Waals surface area contributed by atoms with E-state index >= 15 is 0 Å². The molecular weight excluding hydrogens is 336 g/mol. The molecule has 3 aliphatic carbocycles. The van der Waals surface area contributed by atoms with E-state index in [4.69, 9.17) is 0 Å². The fraction of sp³-hybridized carbons (Fsp3) is 0.786. The average molecular weight is 381 g/mol. The van der Waals surface area contributed by atoms with Crippen LogP contribution < -0.4 is 0 Å². The van der Waals surface area contributed by atoms with Crippen LogP contribution in [0.25, 0.3) is 0 Å². The molecule has 0 nitrogen and oxygen atoms in total. The summed E-state index contributed by atoms with van der Waals surface area (Å²) in [5.41, 5.74) is 3.00. The molecule has 0 radical (unpaired) electrons. The lowest BCUT2D eigenvalue weighted by atomic mass is 9.67. The smallest absolute Gasteiger partial charge is 0.0162 e. The topological polar surface area (TPSA) is 0 Å². The minimum absolute atomic E-state index is 0.839. The van der Waals surface area contributed by atoms with Gasteiger partial charge in [-0.05, 0) is 86.5 Å². The SMILES string of the molecule is Cc1ccc(C2CCC(C3CCC(CCC4CCC(C)CC4)CC3)CC2)cc1. The predicted molar refractivity (Wildman–Crippen MR) is 122 cm³/mol. The van der Waals surface area contributed by atoms with Crippen molar-refractivity contribution in [2.45, 2.75) is 110 Å². The third kappa shape index (κ3) is 5.43. The Bertz CT molecular complexity index is 561. The second-order valence-electron chi connectivity index (χ2n) is 11.0. The van der Waals surface area contributed by atoms with E-state index < -0.39 is 0 Å². The number of hydrogen-bond acceptors (Lipinski definition) is 0. The Kier molecular flexibility index (Phi) is 7.18. The zero-order valence-corrected chi connectivity index (χ0v) is 18.7. The van der Waals surface area contributed by atoms with E-state index in [-0.39, 0.29) is 0 Å². The van der Waals surface area contributed by atoms with Crippen molar-refractivity contribution in [2.75, 3.05) is 0 Å². The Labute approximate surface area is 174 Å².